The zero-order valence-corrected chi connectivity index (χ0v) is 10.9. The summed E-state index contributed by atoms with van der Waals surface area (Å²) in [4.78, 5) is 14.6. The molecule has 0 spiro atoms. The van der Waals surface area contributed by atoms with Crippen molar-refractivity contribution in [1.82, 2.24) is 4.90 Å². The van der Waals surface area contributed by atoms with Gasteiger partial charge in [-0.1, -0.05) is 37.3 Å². The molecule has 0 aliphatic carbocycles. The topological polar surface area (TPSA) is 20.3 Å². The molecule has 1 amide bonds. The van der Waals surface area contributed by atoms with E-state index in [4.69, 9.17) is 0 Å². The first-order valence-corrected chi connectivity index (χ1v) is 6.89. The number of benzene rings is 1. The average molecular weight is 241 g/mol. The Labute approximate surface area is 108 Å². The normalized spacial score (nSPS) is 23.5. The average Bonchev–Trinajstić information content (AvgIpc) is 2.88. The number of nitrogens with zero attached hydrogens (tertiary/aromatic N) is 1. The summed E-state index contributed by atoms with van der Waals surface area (Å²) in [5.41, 5.74) is 3.54. The summed E-state index contributed by atoms with van der Waals surface area (Å²) >= 11 is 0. The summed E-state index contributed by atoms with van der Waals surface area (Å²) in [6.45, 7) is 3.04. The maximum absolute atomic E-state index is 12.5. The van der Waals surface area contributed by atoms with Gasteiger partial charge in [0, 0.05) is 18.2 Å². The van der Waals surface area contributed by atoms with Crippen LogP contribution in [0.3, 0.4) is 0 Å². The smallest absolute Gasteiger partial charge is 0.250 e. The quantitative estimate of drug-likeness (QED) is 0.778. The Kier molecular flexibility index (Phi) is 2.94. The van der Waals surface area contributed by atoms with Gasteiger partial charge in [-0.25, -0.2) is 0 Å². The molecule has 2 aliphatic rings. The Morgan fingerprint density at radius 3 is 2.78 bits per heavy atom. The van der Waals surface area contributed by atoms with E-state index in [9.17, 15) is 4.79 Å². The maximum atomic E-state index is 12.5. The van der Waals surface area contributed by atoms with Crippen molar-refractivity contribution in [2.45, 2.75) is 38.6 Å². The van der Waals surface area contributed by atoms with Gasteiger partial charge in [0.1, 0.15) is 0 Å². The highest BCUT2D eigenvalue weighted by molar-refractivity contribution is 6.03. The van der Waals surface area contributed by atoms with Crippen LogP contribution >= 0.6 is 0 Å². The fourth-order valence-electron chi connectivity index (χ4n) is 3.27. The SMILES string of the molecule is CCC1=C(c2ccccc2)CC2CCCN2C1=O. The fourth-order valence-corrected chi connectivity index (χ4v) is 3.27. The third-order valence-corrected chi connectivity index (χ3v) is 4.18. The molecule has 2 heteroatoms. The van der Waals surface area contributed by atoms with Gasteiger partial charge in [-0.3, -0.25) is 4.79 Å². The predicted octanol–water partition coefficient (Wildman–Crippen LogP) is 3.24. The molecule has 0 radical (unpaired) electrons. The van der Waals surface area contributed by atoms with Crippen LogP contribution in [0, 0.1) is 0 Å². The van der Waals surface area contributed by atoms with Crippen LogP contribution in [0.1, 0.15) is 38.2 Å². The largest absolute Gasteiger partial charge is 0.336 e. The molecule has 1 saturated heterocycles. The number of rotatable bonds is 2. The zero-order valence-electron chi connectivity index (χ0n) is 10.9. The van der Waals surface area contributed by atoms with Gasteiger partial charge < -0.3 is 4.90 Å². The van der Waals surface area contributed by atoms with Gasteiger partial charge in [0.15, 0.2) is 0 Å². The lowest BCUT2D eigenvalue weighted by atomic mass is 9.88. The first-order chi connectivity index (χ1) is 8.81. The number of hydrogen-bond acceptors (Lipinski definition) is 1. The van der Waals surface area contributed by atoms with E-state index in [-0.39, 0.29) is 5.91 Å². The monoisotopic (exact) mass is 241 g/mol. The number of carbonyl (C=O) groups is 1. The second-order valence-electron chi connectivity index (χ2n) is 5.18. The molecule has 2 heterocycles. The highest BCUT2D eigenvalue weighted by Crippen LogP contribution is 2.37. The van der Waals surface area contributed by atoms with E-state index >= 15 is 0 Å². The summed E-state index contributed by atoms with van der Waals surface area (Å²) in [5.74, 6) is 0.283. The van der Waals surface area contributed by atoms with Crippen LogP contribution in [0.2, 0.25) is 0 Å². The number of fused-ring (bicyclic) bond motifs is 1. The second kappa shape index (κ2) is 4.60. The summed E-state index contributed by atoms with van der Waals surface area (Å²) < 4.78 is 0. The lowest BCUT2D eigenvalue weighted by Gasteiger charge is -2.33. The summed E-state index contributed by atoms with van der Waals surface area (Å²) in [7, 11) is 0. The number of carbonyl (C=O) groups excluding carboxylic acids is 1. The van der Waals surface area contributed by atoms with Crippen LogP contribution in [-0.4, -0.2) is 23.4 Å². The van der Waals surface area contributed by atoms with Crippen molar-refractivity contribution < 1.29 is 4.79 Å². The van der Waals surface area contributed by atoms with Gasteiger partial charge in [0.05, 0.1) is 0 Å². The van der Waals surface area contributed by atoms with Crippen LogP contribution in [0.4, 0.5) is 0 Å². The zero-order chi connectivity index (χ0) is 12.5. The van der Waals surface area contributed by atoms with E-state index in [0.29, 0.717) is 6.04 Å². The van der Waals surface area contributed by atoms with Crippen LogP contribution in [0.25, 0.3) is 5.57 Å². The Balaban J connectivity index is 2.05. The Morgan fingerprint density at radius 1 is 1.28 bits per heavy atom. The molecule has 1 aromatic rings. The molecule has 0 N–H and O–H groups in total. The molecule has 1 unspecified atom stereocenters. The maximum Gasteiger partial charge on any atom is 0.250 e. The molecule has 94 valence electrons. The van der Waals surface area contributed by atoms with Gasteiger partial charge in [-0.05, 0) is 36.8 Å². The molecule has 0 bridgehead atoms. The minimum absolute atomic E-state index is 0.283. The van der Waals surface area contributed by atoms with Gasteiger partial charge in [-0.15, -0.1) is 0 Å². The molecule has 1 aromatic carbocycles. The van der Waals surface area contributed by atoms with Crippen molar-refractivity contribution in [3.63, 3.8) is 0 Å². The standard InChI is InChI=1S/C16H19NO/c1-2-14-15(12-7-4-3-5-8-12)11-13-9-6-10-17(13)16(14)18/h3-5,7-8,13H,2,6,9-11H2,1H3. The van der Waals surface area contributed by atoms with E-state index in [1.807, 2.05) is 6.07 Å². The Bertz CT molecular complexity index is 489. The Morgan fingerprint density at radius 2 is 2.06 bits per heavy atom. The van der Waals surface area contributed by atoms with E-state index < -0.39 is 0 Å². The minimum Gasteiger partial charge on any atom is -0.336 e. The summed E-state index contributed by atoms with van der Waals surface area (Å²) in [5, 5.41) is 0. The van der Waals surface area contributed by atoms with E-state index in [0.717, 1.165) is 31.4 Å². The number of hydrogen-bond donors (Lipinski definition) is 0. The van der Waals surface area contributed by atoms with Crippen molar-refractivity contribution in [3.05, 3.63) is 41.5 Å². The van der Waals surface area contributed by atoms with Crippen molar-refractivity contribution in [1.29, 1.82) is 0 Å². The molecule has 0 saturated carbocycles. The van der Waals surface area contributed by atoms with Crippen molar-refractivity contribution in [2.75, 3.05) is 6.54 Å². The predicted molar refractivity (Wildman–Crippen MR) is 73.0 cm³/mol. The van der Waals surface area contributed by atoms with Gasteiger partial charge in [0.25, 0.3) is 0 Å². The molecule has 2 aliphatic heterocycles. The first kappa shape index (κ1) is 11.5. The Hall–Kier alpha value is -1.57. The van der Waals surface area contributed by atoms with Crippen LogP contribution in [0.5, 0.6) is 0 Å². The molecule has 2 nitrogen and oxygen atoms in total. The highest BCUT2D eigenvalue weighted by atomic mass is 16.2. The third kappa shape index (κ3) is 1.76. The summed E-state index contributed by atoms with van der Waals surface area (Å²) in [6, 6.07) is 10.8. The second-order valence-corrected chi connectivity index (χ2v) is 5.18. The number of amides is 1. The highest BCUT2D eigenvalue weighted by Gasteiger charge is 2.36. The molecular formula is C16H19NO. The van der Waals surface area contributed by atoms with E-state index in [1.54, 1.807) is 0 Å². The van der Waals surface area contributed by atoms with Crippen LogP contribution in [-0.2, 0) is 4.79 Å². The minimum atomic E-state index is 0.283. The van der Waals surface area contributed by atoms with Crippen molar-refractivity contribution in [2.24, 2.45) is 0 Å². The molecule has 1 atom stereocenters. The van der Waals surface area contributed by atoms with Gasteiger partial charge in [0.2, 0.25) is 5.91 Å². The lowest BCUT2D eigenvalue weighted by Crippen LogP contribution is -2.40. The van der Waals surface area contributed by atoms with Crippen molar-refractivity contribution >= 4 is 11.5 Å². The third-order valence-electron chi connectivity index (χ3n) is 4.18. The van der Waals surface area contributed by atoms with Crippen LogP contribution < -0.4 is 0 Å². The van der Waals surface area contributed by atoms with E-state index in [1.165, 1.54) is 17.6 Å². The molecule has 0 aromatic heterocycles. The molecular weight excluding hydrogens is 222 g/mol. The molecule has 1 fully saturated rings. The van der Waals surface area contributed by atoms with Gasteiger partial charge >= 0.3 is 0 Å². The molecule has 18 heavy (non-hydrogen) atoms. The molecule has 3 rings (SSSR count). The van der Waals surface area contributed by atoms with Crippen molar-refractivity contribution in [3.8, 4) is 0 Å². The fraction of sp³-hybridized carbons (Fsp3) is 0.438. The van der Waals surface area contributed by atoms with Crippen LogP contribution in [0.15, 0.2) is 35.9 Å². The van der Waals surface area contributed by atoms with E-state index in [2.05, 4.69) is 36.1 Å². The van der Waals surface area contributed by atoms with Gasteiger partial charge in [-0.2, -0.15) is 0 Å². The summed E-state index contributed by atoms with van der Waals surface area (Å²) in [6.07, 6.45) is 4.21. The first-order valence-electron chi connectivity index (χ1n) is 6.89. The lowest BCUT2D eigenvalue weighted by molar-refractivity contribution is -0.128.